The van der Waals surface area contributed by atoms with Crippen LogP contribution in [0.5, 0.6) is 0 Å². The molecule has 2 nitrogen and oxygen atoms in total. The molecule has 0 aromatic heterocycles. The summed E-state index contributed by atoms with van der Waals surface area (Å²) in [6.07, 6.45) is -0.524. The van der Waals surface area contributed by atoms with Crippen molar-refractivity contribution < 1.29 is 9.84 Å². The summed E-state index contributed by atoms with van der Waals surface area (Å²) in [6, 6.07) is 9.95. The molecule has 0 fully saturated rings. The molecule has 13 heavy (non-hydrogen) atoms. The molecule has 0 aliphatic rings. The monoisotopic (exact) mass is 180 g/mol. The summed E-state index contributed by atoms with van der Waals surface area (Å²) in [4.78, 5) is 0. The molecule has 1 rings (SSSR count). The van der Waals surface area contributed by atoms with Crippen molar-refractivity contribution in [3.8, 4) is 0 Å². The molecule has 2 unspecified atom stereocenters. The predicted octanol–water partition coefficient (Wildman–Crippen LogP) is 1.97. The van der Waals surface area contributed by atoms with Crippen molar-refractivity contribution in [1.29, 1.82) is 0 Å². The van der Waals surface area contributed by atoms with E-state index in [1.807, 2.05) is 37.3 Å². The fourth-order valence-electron chi connectivity index (χ4n) is 0.941. The van der Waals surface area contributed by atoms with Crippen molar-refractivity contribution >= 4 is 0 Å². The van der Waals surface area contributed by atoms with E-state index in [-0.39, 0.29) is 6.10 Å². The Morgan fingerprint density at radius 2 is 1.85 bits per heavy atom. The van der Waals surface area contributed by atoms with Crippen LogP contribution >= 0.6 is 0 Å². The maximum atomic E-state index is 9.17. The van der Waals surface area contributed by atoms with Gasteiger partial charge in [0.15, 0.2) is 0 Å². The minimum Gasteiger partial charge on any atom is -0.391 e. The number of hydrogen-bond donors (Lipinski definition) is 1. The van der Waals surface area contributed by atoms with Crippen LogP contribution in [-0.4, -0.2) is 17.3 Å². The second kappa shape index (κ2) is 5.00. The molecular formula is C11H16O2. The summed E-state index contributed by atoms with van der Waals surface area (Å²) in [5, 5.41) is 9.17. The van der Waals surface area contributed by atoms with Gasteiger partial charge in [0.1, 0.15) is 0 Å². The van der Waals surface area contributed by atoms with Gasteiger partial charge in [-0.15, -0.1) is 0 Å². The number of benzene rings is 1. The first kappa shape index (κ1) is 10.2. The third-order valence-corrected chi connectivity index (χ3v) is 2.04. The molecule has 1 aromatic rings. The van der Waals surface area contributed by atoms with Gasteiger partial charge in [-0.3, -0.25) is 0 Å². The molecule has 0 spiro atoms. The molecule has 0 radical (unpaired) electrons. The summed E-state index contributed by atoms with van der Waals surface area (Å²) < 4.78 is 5.44. The lowest BCUT2D eigenvalue weighted by Gasteiger charge is -2.15. The van der Waals surface area contributed by atoms with Crippen molar-refractivity contribution in [1.82, 2.24) is 0 Å². The van der Waals surface area contributed by atoms with Crippen LogP contribution in [0.1, 0.15) is 19.4 Å². The Labute approximate surface area is 79.2 Å². The number of ether oxygens (including phenoxy) is 1. The first-order valence-electron chi connectivity index (χ1n) is 4.53. The summed E-state index contributed by atoms with van der Waals surface area (Å²) in [5.74, 6) is 0. The first-order valence-corrected chi connectivity index (χ1v) is 4.53. The summed E-state index contributed by atoms with van der Waals surface area (Å²) >= 11 is 0. The lowest BCUT2D eigenvalue weighted by Crippen LogP contribution is -2.22. The van der Waals surface area contributed by atoms with Crippen molar-refractivity contribution in [2.45, 2.75) is 32.7 Å². The first-order chi connectivity index (χ1) is 6.20. The quantitative estimate of drug-likeness (QED) is 0.767. The molecule has 0 aliphatic carbocycles. The largest absolute Gasteiger partial charge is 0.391 e. The zero-order valence-electron chi connectivity index (χ0n) is 8.10. The Morgan fingerprint density at radius 1 is 1.23 bits per heavy atom. The number of aliphatic hydroxyl groups is 1. The van der Waals surface area contributed by atoms with Gasteiger partial charge in [0.25, 0.3) is 0 Å². The Morgan fingerprint density at radius 3 is 2.38 bits per heavy atom. The molecule has 0 aliphatic heterocycles. The maximum absolute atomic E-state index is 9.17. The molecular weight excluding hydrogens is 164 g/mol. The van der Waals surface area contributed by atoms with Gasteiger partial charge >= 0.3 is 0 Å². The van der Waals surface area contributed by atoms with Crippen LogP contribution in [0.4, 0.5) is 0 Å². The normalized spacial score (nSPS) is 15.3. The fourth-order valence-corrected chi connectivity index (χ4v) is 0.941. The van der Waals surface area contributed by atoms with E-state index in [2.05, 4.69) is 0 Å². The van der Waals surface area contributed by atoms with Crippen LogP contribution in [0, 0.1) is 0 Å². The maximum Gasteiger partial charge on any atom is 0.0807 e. The third-order valence-electron chi connectivity index (χ3n) is 2.04. The number of rotatable bonds is 4. The molecule has 0 bridgehead atoms. The zero-order chi connectivity index (χ0) is 9.68. The van der Waals surface area contributed by atoms with E-state index in [1.165, 1.54) is 0 Å². The Hall–Kier alpha value is -0.860. The zero-order valence-corrected chi connectivity index (χ0v) is 8.10. The summed E-state index contributed by atoms with van der Waals surface area (Å²) in [6.45, 7) is 4.16. The van der Waals surface area contributed by atoms with Gasteiger partial charge in [0, 0.05) is 0 Å². The molecule has 0 saturated carbocycles. The molecule has 0 saturated heterocycles. The molecule has 1 aromatic carbocycles. The summed E-state index contributed by atoms with van der Waals surface area (Å²) in [5.41, 5.74) is 1.13. The van der Waals surface area contributed by atoms with E-state index >= 15 is 0 Å². The van der Waals surface area contributed by atoms with E-state index in [0.717, 1.165) is 5.56 Å². The fraction of sp³-hybridized carbons (Fsp3) is 0.455. The van der Waals surface area contributed by atoms with E-state index in [1.54, 1.807) is 6.92 Å². The van der Waals surface area contributed by atoms with Gasteiger partial charge in [-0.1, -0.05) is 30.3 Å². The average Bonchev–Trinajstić information content (AvgIpc) is 2.15. The topological polar surface area (TPSA) is 29.5 Å². The number of hydrogen-bond acceptors (Lipinski definition) is 2. The van der Waals surface area contributed by atoms with Crippen molar-refractivity contribution in [2.75, 3.05) is 0 Å². The molecule has 1 N–H and O–H groups in total. The molecule has 2 heteroatoms. The highest BCUT2D eigenvalue weighted by Crippen LogP contribution is 2.05. The van der Waals surface area contributed by atoms with Crippen LogP contribution in [0.25, 0.3) is 0 Å². The highest BCUT2D eigenvalue weighted by molar-refractivity contribution is 5.13. The van der Waals surface area contributed by atoms with Gasteiger partial charge in [0.05, 0.1) is 18.8 Å². The molecule has 2 atom stereocenters. The minimum absolute atomic E-state index is 0.111. The third kappa shape index (κ3) is 3.57. The Bertz CT molecular complexity index is 231. The lowest BCUT2D eigenvalue weighted by molar-refractivity contribution is -0.0268. The predicted molar refractivity (Wildman–Crippen MR) is 52.4 cm³/mol. The van der Waals surface area contributed by atoms with Crippen molar-refractivity contribution in [2.24, 2.45) is 0 Å². The Kier molecular flexibility index (Phi) is 3.93. The second-order valence-electron chi connectivity index (χ2n) is 3.24. The molecule has 72 valence electrons. The van der Waals surface area contributed by atoms with Crippen molar-refractivity contribution in [3.05, 3.63) is 35.9 Å². The van der Waals surface area contributed by atoms with E-state index in [0.29, 0.717) is 6.61 Å². The van der Waals surface area contributed by atoms with Gasteiger partial charge in [-0.2, -0.15) is 0 Å². The standard InChI is InChI=1S/C11H16O2/c1-9(12)10(2)13-8-11-6-4-3-5-7-11/h3-7,9-10,12H,8H2,1-2H3. The van der Waals surface area contributed by atoms with Crippen LogP contribution < -0.4 is 0 Å². The van der Waals surface area contributed by atoms with Gasteiger partial charge in [-0.25, -0.2) is 0 Å². The van der Waals surface area contributed by atoms with Crippen LogP contribution in [0.3, 0.4) is 0 Å². The SMILES string of the molecule is CC(O)C(C)OCc1ccccc1. The van der Waals surface area contributed by atoms with E-state index in [4.69, 9.17) is 4.74 Å². The average molecular weight is 180 g/mol. The van der Waals surface area contributed by atoms with Gasteiger partial charge in [-0.05, 0) is 19.4 Å². The second-order valence-corrected chi connectivity index (χ2v) is 3.24. The van der Waals surface area contributed by atoms with Gasteiger partial charge < -0.3 is 9.84 Å². The smallest absolute Gasteiger partial charge is 0.0807 e. The van der Waals surface area contributed by atoms with E-state index in [9.17, 15) is 5.11 Å². The van der Waals surface area contributed by atoms with E-state index < -0.39 is 6.10 Å². The highest BCUT2D eigenvalue weighted by Gasteiger charge is 2.08. The van der Waals surface area contributed by atoms with Crippen molar-refractivity contribution in [3.63, 3.8) is 0 Å². The molecule has 0 amide bonds. The van der Waals surface area contributed by atoms with Crippen LogP contribution in [0.15, 0.2) is 30.3 Å². The van der Waals surface area contributed by atoms with Crippen LogP contribution in [-0.2, 0) is 11.3 Å². The van der Waals surface area contributed by atoms with Crippen LogP contribution in [0.2, 0.25) is 0 Å². The van der Waals surface area contributed by atoms with Gasteiger partial charge in [0.2, 0.25) is 0 Å². The highest BCUT2D eigenvalue weighted by atomic mass is 16.5. The minimum atomic E-state index is -0.413. The Balaban J connectivity index is 2.35. The number of aliphatic hydroxyl groups excluding tert-OH is 1. The summed E-state index contributed by atoms with van der Waals surface area (Å²) in [7, 11) is 0. The molecule has 0 heterocycles. The lowest BCUT2D eigenvalue weighted by atomic mass is 10.2.